The fourth-order valence-corrected chi connectivity index (χ4v) is 27.0. The van der Waals surface area contributed by atoms with Crippen LogP contribution in [0.25, 0.3) is 256 Å². The molecule has 0 radical (unpaired) electrons. The number of fused-ring (bicyclic) bond motifs is 24. The summed E-state index contributed by atoms with van der Waals surface area (Å²) in [6, 6.07) is 163. The number of benzene rings is 24. The smallest absolute Gasteiger partial charge is 0.0434 e. The third-order valence-electron chi connectivity index (χ3n) is 28.5. The molecule has 4 heteroatoms. The van der Waals surface area contributed by atoms with Gasteiger partial charge in [-0.25, -0.2) is 0 Å². The van der Waals surface area contributed by atoms with Crippen molar-refractivity contribution in [2.75, 3.05) is 0 Å². The minimum absolute atomic E-state index is 1.25. The van der Waals surface area contributed by atoms with Crippen LogP contribution < -0.4 is 0 Å². The fourth-order valence-electron chi connectivity index (χ4n) is 22.0. The summed E-state index contributed by atoms with van der Waals surface area (Å²) in [7, 11) is 0. The highest BCUT2D eigenvalue weighted by atomic mass is 32.1. The van der Waals surface area contributed by atoms with Crippen LogP contribution in [-0.4, -0.2) is 0 Å². The van der Waals surface area contributed by atoms with E-state index >= 15 is 0 Å². The molecule has 0 aliphatic heterocycles. The summed E-state index contributed by atoms with van der Waals surface area (Å²) in [4.78, 5) is 0. The van der Waals surface area contributed by atoms with Gasteiger partial charge in [-0.05, 0) is 330 Å². The van der Waals surface area contributed by atoms with E-state index in [0.717, 1.165) is 0 Å². The van der Waals surface area contributed by atoms with Crippen LogP contribution >= 0.6 is 45.3 Å². The molecule has 0 aliphatic carbocycles. The molecule has 0 unspecified atom stereocenters. The summed E-state index contributed by atoms with van der Waals surface area (Å²) in [6.45, 7) is 15.5. The number of hydrogen-bond acceptors (Lipinski definition) is 4. The van der Waals surface area contributed by atoms with Gasteiger partial charge >= 0.3 is 0 Å². The molecule has 0 bridgehead atoms. The van der Waals surface area contributed by atoms with Crippen LogP contribution in [-0.2, 0) is 0 Å². The standard InChI is InChI=1S/C35H26S.C34H24S.2C33H22S/c1-21-16-23(3)34-32(18-21)33-19-22(2)17-31(35(33)36-34)25-14-12-24(13-15-25)30-20-26-8-4-5-9-27(26)28-10-6-7-11-29(28)30;1-21-14-15-33-31(16-21)32-18-22(2)17-30(34(32)35-33)24-10-7-9-23(19-24)29-20-25-8-3-4-11-26(25)27-12-5-6-13-28(27)29;1-21-9-6-17-29-30-18-8-16-26(33(30)34-32(21)29)22-11-7-12-23(19-22)31-20-24-10-2-3-13-25(24)27-14-4-5-15-28(27)31;1-21-8-6-14-29-30-15-7-13-26(33(30)34-32(21)29)22-16-18-23(19-17-22)31-20-24-9-2-3-10-25(24)27-11-4-5-12-28(27)31/h4-20H,1-3H3;3-20H,1-2H3;2*2-20H,1H3. The molecule has 139 heavy (non-hydrogen) atoms. The Kier molecular flexibility index (Phi) is 21.5. The van der Waals surface area contributed by atoms with Crippen molar-refractivity contribution in [2.24, 2.45) is 0 Å². The highest BCUT2D eigenvalue weighted by Gasteiger charge is 2.22. The molecule has 28 rings (SSSR count). The fraction of sp³-hybridized carbons (Fsp3) is 0.0519. The summed E-state index contributed by atoms with van der Waals surface area (Å²) in [5.74, 6) is 0. The van der Waals surface area contributed by atoms with Crippen LogP contribution in [0.1, 0.15) is 38.9 Å². The lowest BCUT2D eigenvalue weighted by Crippen LogP contribution is -1.86. The molecule has 0 N–H and O–H groups in total. The summed E-state index contributed by atoms with van der Waals surface area (Å²) >= 11 is 7.67. The van der Waals surface area contributed by atoms with E-state index in [1.165, 1.54) is 295 Å². The van der Waals surface area contributed by atoms with Gasteiger partial charge in [-0.2, -0.15) is 0 Å². The summed E-state index contributed by atoms with van der Waals surface area (Å²) in [6.07, 6.45) is 0. The second-order valence-electron chi connectivity index (χ2n) is 37.6. The first-order valence-electron chi connectivity index (χ1n) is 48.0. The molecule has 0 atom stereocenters. The molecule has 0 aliphatic rings. The van der Waals surface area contributed by atoms with Crippen LogP contribution in [0.5, 0.6) is 0 Å². The van der Waals surface area contributed by atoms with Crippen molar-refractivity contribution >= 4 is 212 Å². The Bertz CT molecular complexity index is 9860. The highest BCUT2D eigenvalue weighted by molar-refractivity contribution is 7.28. The Hall–Kier alpha value is -15.8. The van der Waals surface area contributed by atoms with E-state index < -0.39 is 0 Å². The average molecular weight is 1840 g/mol. The van der Waals surface area contributed by atoms with Gasteiger partial charge in [0.1, 0.15) is 0 Å². The lowest BCUT2D eigenvalue weighted by atomic mass is 9.91. The van der Waals surface area contributed by atoms with Gasteiger partial charge < -0.3 is 0 Å². The Morgan fingerprint density at radius 3 is 0.791 bits per heavy atom. The Morgan fingerprint density at radius 1 is 0.122 bits per heavy atom. The van der Waals surface area contributed by atoms with Crippen molar-refractivity contribution in [1.29, 1.82) is 0 Å². The first-order chi connectivity index (χ1) is 68.3. The minimum Gasteiger partial charge on any atom is -0.135 e. The maximum atomic E-state index is 2.38. The average Bonchev–Trinajstić information content (AvgIpc) is 1.70. The van der Waals surface area contributed by atoms with E-state index in [-0.39, 0.29) is 0 Å². The normalized spacial score (nSPS) is 11.7. The van der Waals surface area contributed by atoms with Crippen molar-refractivity contribution < 1.29 is 0 Å². The molecule has 4 aromatic heterocycles. The van der Waals surface area contributed by atoms with Gasteiger partial charge in [-0.15, -0.1) is 45.3 Å². The largest absolute Gasteiger partial charge is 0.135 e. The van der Waals surface area contributed by atoms with Gasteiger partial charge in [0.15, 0.2) is 0 Å². The summed E-state index contributed by atoms with van der Waals surface area (Å²) in [5, 5.41) is 31.7. The van der Waals surface area contributed by atoms with Gasteiger partial charge in [0, 0.05) is 80.7 Å². The van der Waals surface area contributed by atoms with Crippen molar-refractivity contribution in [3.8, 4) is 89.0 Å². The van der Waals surface area contributed by atoms with Crippen molar-refractivity contribution in [3.05, 3.63) is 482 Å². The molecule has 4 heterocycles. The zero-order valence-electron chi connectivity index (χ0n) is 78.3. The predicted molar refractivity (Wildman–Crippen MR) is 614 cm³/mol. The Morgan fingerprint density at radius 2 is 0.381 bits per heavy atom. The molecule has 24 aromatic carbocycles. The Labute approximate surface area is 824 Å². The molecule has 0 saturated heterocycles. The van der Waals surface area contributed by atoms with E-state index in [9.17, 15) is 0 Å². The Balaban J connectivity index is 0.0000000980. The van der Waals surface area contributed by atoms with Crippen molar-refractivity contribution in [3.63, 3.8) is 0 Å². The third kappa shape index (κ3) is 15.2. The monoisotopic (exact) mass is 1840 g/mol. The molecule has 0 fully saturated rings. The topological polar surface area (TPSA) is 0 Å². The van der Waals surface area contributed by atoms with E-state index in [1.54, 1.807) is 0 Å². The number of rotatable bonds is 8. The zero-order valence-corrected chi connectivity index (χ0v) is 81.5. The first-order valence-corrected chi connectivity index (χ1v) is 51.3. The van der Waals surface area contributed by atoms with Crippen LogP contribution in [0.3, 0.4) is 0 Å². The molecule has 28 aromatic rings. The number of thiophene rings is 4. The highest BCUT2D eigenvalue weighted by Crippen LogP contribution is 2.50. The van der Waals surface area contributed by atoms with E-state index in [1.807, 2.05) is 45.3 Å². The van der Waals surface area contributed by atoms with E-state index in [2.05, 4.69) is 491 Å². The van der Waals surface area contributed by atoms with E-state index in [4.69, 9.17) is 0 Å². The SMILES string of the molecule is Cc1cc(C)c2sc3c(-c4ccc(-c5cc6ccccc6c6ccccc56)cc4)cc(C)cc3c2c1.Cc1ccc2sc3c(-c4cccc(-c5cc6ccccc6c6ccccc56)c4)cc(C)cc3c2c1.Cc1cccc2c1sc1c(-c3ccc(-c4cc5ccccc5c5ccccc45)cc3)cccc12.Cc1cccc2c1sc1c(-c3cccc(-c4cc5ccccc5c5ccccc45)c3)cccc12. The summed E-state index contributed by atoms with van der Waals surface area (Å²) < 4.78 is 11.0. The van der Waals surface area contributed by atoms with Gasteiger partial charge in [0.05, 0.1) is 0 Å². The van der Waals surface area contributed by atoms with Gasteiger partial charge in [-0.3, -0.25) is 0 Å². The van der Waals surface area contributed by atoms with Crippen molar-refractivity contribution in [1.82, 2.24) is 0 Å². The zero-order chi connectivity index (χ0) is 93.2. The third-order valence-corrected chi connectivity index (χ3v) is 33.9. The second kappa shape index (κ2) is 35.1. The molecule has 0 saturated carbocycles. The molecular formula is C135H94S4. The van der Waals surface area contributed by atoms with Crippen LogP contribution in [0.2, 0.25) is 0 Å². The molecule has 658 valence electrons. The second-order valence-corrected chi connectivity index (χ2v) is 41.7. The minimum atomic E-state index is 1.25. The van der Waals surface area contributed by atoms with Crippen molar-refractivity contribution in [2.45, 2.75) is 48.5 Å². The van der Waals surface area contributed by atoms with Crippen LogP contribution in [0.4, 0.5) is 0 Å². The van der Waals surface area contributed by atoms with Gasteiger partial charge in [0.25, 0.3) is 0 Å². The summed E-state index contributed by atoms with van der Waals surface area (Å²) in [5.41, 5.74) is 29.9. The maximum Gasteiger partial charge on any atom is 0.0434 e. The molecule has 0 amide bonds. The number of aryl methyl sites for hydroxylation is 7. The molecule has 0 nitrogen and oxygen atoms in total. The molecular weight excluding hydrogens is 1750 g/mol. The lowest BCUT2D eigenvalue weighted by Gasteiger charge is -2.13. The van der Waals surface area contributed by atoms with Gasteiger partial charge in [0.2, 0.25) is 0 Å². The quantitative estimate of drug-likeness (QED) is 0.133. The predicted octanol–water partition coefficient (Wildman–Crippen LogP) is 40.9. The molecule has 0 spiro atoms. The van der Waals surface area contributed by atoms with Crippen LogP contribution in [0, 0.1) is 48.5 Å². The lowest BCUT2D eigenvalue weighted by molar-refractivity contribution is 1.44. The van der Waals surface area contributed by atoms with Gasteiger partial charge in [-0.1, -0.05) is 375 Å². The van der Waals surface area contributed by atoms with E-state index in [0.29, 0.717) is 0 Å². The maximum absolute atomic E-state index is 2.38. The number of hydrogen-bond donors (Lipinski definition) is 0. The van der Waals surface area contributed by atoms with Crippen LogP contribution in [0.15, 0.2) is 443 Å². The first kappa shape index (κ1) is 84.9.